The van der Waals surface area contributed by atoms with Crippen LogP contribution in [0.1, 0.15) is 362 Å². The molecule has 0 aromatic rings. The Morgan fingerprint density at radius 3 is 0.814 bits per heavy atom. The van der Waals surface area contributed by atoms with Crippen molar-refractivity contribution in [1.82, 2.24) is 0 Å². The van der Waals surface area contributed by atoms with Crippen LogP contribution in [0.3, 0.4) is 0 Å². The van der Waals surface area contributed by atoms with E-state index in [1.165, 1.54) is 250 Å². The summed E-state index contributed by atoms with van der Waals surface area (Å²) < 4.78 is 16.9. The molecule has 0 aliphatic heterocycles. The van der Waals surface area contributed by atoms with E-state index in [4.69, 9.17) is 14.2 Å². The molecule has 70 heavy (non-hydrogen) atoms. The molecule has 1 unspecified atom stereocenters. The first-order valence-electron chi connectivity index (χ1n) is 31.8. The Morgan fingerprint density at radius 1 is 0.300 bits per heavy atom. The zero-order valence-electron chi connectivity index (χ0n) is 48.2. The summed E-state index contributed by atoms with van der Waals surface area (Å²) in [5, 5.41) is 0. The van der Waals surface area contributed by atoms with E-state index in [9.17, 15) is 14.4 Å². The van der Waals surface area contributed by atoms with Gasteiger partial charge in [0.2, 0.25) is 0 Å². The molecule has 6 heteroatoms. The standard InChI is InChI=1S/C64H124O6/c1-6-8-9-10-11-12-27-36-41-46-51-56-64(67)70-61(58-69-63(66)55-50-45-40-35-31-26-22-18-17-19-23-28-32-37-42-47-52-59(3)4)57-68-62(65)54-49-44-39-34-30-25-21-16-14-13-15-20-24-29-33-38-43-48-53-60(5)7-2/h59-61H,6-58H2,1-5H3/t60?,61-/m1/s1. The summed E-state index contributed by atoms with van der Waals surface area (Å²) in [4.78, 5) is 38.2. The van der Waals surface area contributed by atoms with Gasteiger partial charge in [-0.15, -0.1) is 0 Å². The van der Waals surface area contributed by atoms with E-state index in [-0.39, 0.29) is 31.1 Å². The maximum absolute atomic E-state index is 12.8. The van der Waals surface area contributed by atoms with E-state index in [0.29, 0.717) is 19.3 Å². The van der Waals surface area contributed by atoms with Crippen molar-refractivity contribution in [3.05, 3.63) is 0 Å². The van der Waals surface area contributed by atoms with Crippen molar-refractivity contribution in [3.63, 3.8) is 0 Å². The average molecular weight is 990 g/mol. The SMILES string of the molecule is CCCCCCCCCCCCCC(=O)O[C@H](COC(=O)CCCCCCCCCCCCCCCCCCCCC(C)CC)COC(=O)CCCCCCCCCCCCCCCCCCC(C)C. The third kappa shape index (κ3) is 55.7. The molecule has 0 aliphatic carbocycles. The third-order valence-electron chi connectivity index (χ3n) is 15.1. The van der Waals surface area contributed by atoms with Crippen molar-refractivity contribution in [2.75, 3.05) is 13.2 Å². The topological polar surface area (TPSA) is 78.9 Å². The third-order valence-corrected chi connectivity index (χ3v) is 15.1. The Labute approximate surface area is 438 Å². The molecule has 0 bridgehead atoms. The fourth-order valence-electron chi connectivity index (χ4n) is 9.90. The zero-order valence-corrected chi connectivity index (χ0v) is 48.2. The van der Waals surface area contributed by atoms with Gasteiger partial charge in [-0.2, -0.15) is 0 Å². The second-order valence-electron chi connectivity index (χ2n) is 22.8. The highest BCUT2D eigenvalue weighted by Gasteiger charge is 2.19. The second-order valence-corrected chi connectivity index (χ2v) is 22.8. The van der Waals surface area contributed by atoms with Crippen LogP contribution in [-0.2, 0) is 28.6 Å². The lowest BCUT2D eigenvalue weighted by Gasteiger charge is -2.18. The van der Waals surface area contributed by atoms with Crippen LogP contribution in [0, 0.1) is 11.8 Å². The van der Waals surface area contributed by atoms with Gasteiger partial charge < -0.3 is 14.2 Å². The molecule has 0 amide bonds. The molecule has 0 aromatic heterocycles. The van der Waals surface area contributed by atoms with Gasteiger partial charge >= 0.3 is 17.9 Å². The lowest BCUT2D eigenvalue weighted by Crippen LogP contribution is -2.30. The minimum atomic E-state index is -0.763. The molecular weight excluding hydrogens is 865 g/mol. The summed E-state index contributed by atoms with van der Waals surface area (Å²) in [5.74, 6) is 0.930. The predicted molar refractivity (Wildman–Crippen MR) is 303 cm³/mol. The first-order valence-corrected chi connectivity index (χ1v) is 31.8. The molecule has 0 aliphatic rings. The summed E-state index contributed by atoms with van der Waals surface area (Å²) >= 11 is 0. The molecular formula is C64H124O6. The Morgan fingerprint density at radius 2 is 0.543 bits per heavy atom. The molecule has 0 saturated heterocycles. The molecule has 416 valence electrons. The van der Waals surface area contributed by atoms with Crippen LogP contribution in [0.15, 0.2) is 0 Å². The van der Waals surface area contributed by atoms with Gasteiger partial charge in [0.15, 0.2) is 6.10 Å². The Balaban J connectivity index is 4.18. The number of ether oxygens (including phenoxy) is 3. The van der Waals surface area contributed by atoms with Gasteiger partial charge in [0.25, 0.3) is 0 Å². The quantitative estimate of drug-likeness (QED) is 0.0343. The lowest BCUT2D eigenvalue weighted by atomic mass is 9.99. The van der Waals surface area contributed by atoms with E-state index in [2.05, 4.69) is 34.6 Å². The number of hydrogen-bond acceptors (Lipinski definition) is 6. The highest BCUT2D eigenvalue weighted by Crippen LogP contribution is 2.19. The normalized spacial score (nSPS) is 12.4. The molecule has 2 atom stereocenters. The van der Waals surface area contributed by atoms with Crippen LogP contribution in [0.25, 0.3) is 0 Å². The molecule has 0 rings (SSSR count). The maximum atomic E-state index is 12.8. The highest BCUT2D eigenvalue weighted by molar-refractivity contribution is 5.71. The van der Waals surface area contributed by atoms with Gasteiger partial charge in [-0.05, 0) is 31.1 Å². The second kappa shape index (κ2) is 56.7. The molecule has 0 heterocycles. The van der Waals surface area contributed by atoms with Crippen molar-refractivity contribution in [2.24, 2.45) is 11.8 Å². The van der Waals surface area contributed by atoms with Gasteiger partial charge in [0.05, 0.1) is 0 Å². The molecule has 0 radical (unpaired) electrons. The summed E-state index contributed by atoms with van der Waals surface area (Å²) in [6.45, 7) is 11.5. The van der Waals surface area contributed by atoms with Crippen LogP contribution >= 0.6 is 0 Å². The minimum absolute atomic E-state index is 0.0620. The van der Waals surface area contributed by atoms with Gasteiger partial charge in [-0.25, -0.2) is 0 Å². The number of unbranched alkanes of at least 4 members (excludes halogenated alkanes) is 42. The molecule has 0 fully saturated rings. The largest absolute Gasteiger partial charge is 0.462 e. The van der Waals surface area contributed by atoms with Gasteiger partial charge in [0, 0.05) is 19.3 Å². The fraction of sp³-hybridized carbons (Fsp3) is 0.953. The van der Waals surface area contributed by atoms with Crippen molar-refractivity contribution in [3.8, 4) is 0 Å². The number of carbonyl (C=O) groups excluding carboxylic acids is 3. The van der Waals surface area contributed by atoms with Gasteiger partial charge in [-0.3, -0.25) is 14.4 Å². The number of rotatable bonds is 58. The summed E-state index contributed by atoms with van der Waals surface area (Å²) in [6, 6.07) is 0. The van der Waals surface area contributed by atoms with Crippen LogP contribution in [-0.4, -0.2) is 37.2 Å². The number of esters is 3. The fourth-order valence-corrected chi connectivity index (χ4v) is 9.90. The van der Waals surface area contributed by atoms with Crippen LogP contribution in [0.4, 0.5) is 0 Å². The molecule has 6 nitrogen and oxygen atoms in total. The molecule has 0 spiro atoms. The molecule has 0 aromatic carbocycles. The van der Waals surface area contributed by atoms with E-state index >= 15 is 0 Å². The maximum Gasteiger partial charge on any atom is 0.306 e. The Kier molecular flexibility index (Phi) is 55.4. The Bertz CT molecular complexity index is 1070. The predicted octanol–water partition coefficient (Wildman–Crippen LogP) is 21.2. The zero-order chi connectivity index (χ0) is 51.1. The highest BCUT2D eigenvalue weighted by atomic mass is 16.6. The van der Waals surface area contributed by atoms with Crippen molar-refractivity contribution < 1.29 is 28.6 Å². The number of carbonyl (C=O) groups is 3. The van der Waals surface area contributed by atoms with E-state index in [1.54, 1.807) is 0 Å². The molecule has 0 saturated carbocycles. The lowest BCUT2D eigenvalue weighted by molar-refractivity contribution is -0.167. The summed E-state index contributed by atoms with van der Waals surface area (Å²) in [6.07, 6.45) is 62.4. The van der Waals surface area contributed by atoms with E-state index in [1.807, 2.05) is 0 Å². The number of hydrogen-bond donors (Lipinski definition) is 0. The average Bonchev–Trinajstić information content (AvgIpc) is 3.35. The first kappa shape index (κ1) is 68.4. The minimum Gasteiger partial charge on any atom is -0.462 e. The van der Waals surface area contributed by atoms with Gasteiger partial charge in [-0.1, -0.05) is 324 Å². The van der Waals surface area contributed by atoms with Crippen LogP contribution < -0.4 is 0 Å². The van der Waals surface area contributed by atoms with E-state index < -0.39 is 6.10 Å². The Hall–Kier alpha value is -1.59. The molecule has 0 N–H and O–H groups in total. The first-order chi connectivity index (χ1) is 34.3. The van der Waals surface area contributed by atoms with Gasteiger partial charge in [0.1, 0.15) is 13.2 Å². The van der Waals surface area contributed by atoms with Crippen molar-refractivity contribution in [2.45, 2.75) is 368 Å². The summed E-state index contributed by atoms with van der Waals surface area (Å²) in [5.41, 5.74) is 0. The van der Waals surface area contributed by atoms with Crippen LogP contribution in [0.2, 0.25) is 0 Å². The van der Waals surface area contributed by atoms with Crippen LogP contribution in [0.5, 0.6) is 0 Å². The summed E-state index contributed by atoms with van der Waals surface area (Å²) in [7, 11) is 0. The van der Waals surface area contributed by atoms with Crippen molar-refractivity contribution >= 4 is 17.9 Å². The monoisotopic (exact) mass is 989 g/mol. The van der Waals surface area contributed by atoms with Crippen molar-refractivity contribution in [1.29, 1.82) is 0 Å². The smallest absolute Gasteiger partial charge is 0.306 e. The van der Waals surface area contributed by atoms with E-state index in [0.717, 1.165) is 69.6 Å².